The van der Waals surface area contributed by atoms with Crippen molar-refractivity contribution in [2.75, 3.05) is 24.4 Å². The average Bonchev–Trinajstić information content (AvgIpc) is 2.86. The molecular weight excluding hydrogens is 392 g/mol. The van der Waals surface area contributed by atoms with Gasteiger partial charge in [-0.05, 0) is 41.7 Å². The highest BCUT2D eigenvalue weighted by Gasteiger charge is 2.42. The van der Waals surface area contributed by atoms with Crippen LogP contribution < -0.4 is 19.7 Å². The molecule has 0 fully saturated rings. The summed E-state index contributed by atoms with van der Waals surface area (Å²) in [7, 11) is 3.16. The first-order chi connectivity index (χ1) is 14.8. The molecule has 0 saturated heterocycles. The van der Waals surface area contributed by atoms with Crippen molar-refractivity contribution in [3.05, 3.63) is 59.3 Å². The summed E-state index contributed by atoms with van der Waals surface area (Å²) in [6, 6.07) is 12.7. The van der Waals surface area contributed by atoms with Crippen LogP contribution in [-0.4, -0.2) is 25.9 Å². The van der Waals surface area contributed by atoms with E-state index in [9.17, 15) is 9.59 Å². The van der Waals surface area contributed by atoms with Crippen LogP contribution >= 0.6 is 0 Å². The summed E-state index contributed by atoms with van der Waals surface area (Å²) >= 11 is 0. The van der Waals surface area contributed by atoms with Crippen LogP contribution in [0.3, 0.4) is 0 Å². The van der Waals surface area contributed by atoms with Gasteiger partial charge in [0.15, 0.2) is 17.3 Å². The highest BCUT2D eigenvalue weighted by Crippen LogP contribution is 2.49. The van der Waals surface area contributed by atoms with Crippen molar-refractivity contribution >= 4 is 23.1 Å². The Balaban J connectivity index is 2.00. The first-order valence-electron chi connectivity index (χ1n) is 10.4. The fraction of sp³-hybridized carbons (Fsp3) is 0.360. The topological polar surface area (TPSA) is 67.9 Å². The summed E-state index contributed by atoms with van der Waals surface area (Å²) in [5, 5.41) is 3.49. The van der Waals surface area contributed by atoms with Crippen molar-refractivity contribution in [3.63, 3.8) is 0 Å². The van der Waals surface area contributed by atoms with Gasteiger partial charge in [-0.15, -0.1) is 0 Å². The number of hydrogen-bond donors (Lipinski definition) is 1. The second kappa shape index (κ2) is 7.76. The fourth-order valence-electron chi connectivity index (χ4n) is 4.67. The van der Waals surface area contributed by atoms with Crippen molar-refractivity contribution in [3.8, 4) is 11.5 Å². The lowest BCUT2D eigenvalue weighted by molar-refractivity contribution is -0.118. The van der Waals surface area contributed by atoms with Gasteiger partial charge in [0.1, 0.15) is 0 Å². The smallest absolute Gasteiger partial charge is 0.224 e. The van der Waals surface area contributed by atoms with E-state index in [0.29, 0.717) is 23.5 Å². The van der Waals surface area contributed by atoms with Crippen molar-refractivity contribution in [2.24, 2.45) is 5.41 Å². The number of nitrogens with zero attached hydrogens (tertiary/aromatic N) is 1. The maximum atomic E-state index is 13.5. The molecule has 1 aliphatic carbocycles. The second-order valence-electron chi connectivity index (χ2n) is 8.88. The van der Waals surface area contributed by atoms with Gasteiger partial charge in [-0.1, -0.05) is 32.0 Å². The van der Waals surface area contributed by atoms with E-state index in [2.05, 4.69) is 19.2 Å². The van der Waals surface area contributed by atoms with Crippen LogP contribution in [0.4, 0.5) is 11.4 Å². The van der Waals surface area contributed by atoms with E-state index in [1.54, 1.807) is 19.1 Å². The third-order valence-electron chi connectivity index (χ3n) is 5.96. The summed E-state index contributed by atoms with van der Waals surface area (Å²) in [6.07, 6.45) is 1.15. The lowest BCUT2D eigenvalue weighted by atomic mass is 9.73. The number of benzene rings is 2. The molecule has 1 heterocycles. The molecule has 6 nitrogen and oxygen atoms in total. The minimum atomic E-state index is -0.563. The Morgan fingerprint density at radius 3 is 2.45 bits per heavy atom. The quantitative estimate of drug-likeness (QED) is 0.768. The summed E-state index contributed by atoms with van der Waals surface area (Å²) < 4.78 is 10.9. The molecule has 1 aliphatic heterocycles. The molecule has 0 spiro atoms. The molecule has 1 amide bonds. The number of hydrogen-bond acceptors (Lipinski definition) is 5. The molecule has 2 aliphatic rings. The van der Waals surface area contributed by atoms with Gasteiger partial charge in [0.05, 0.1) is 31.6 Å². The molecule has 6 heteroatoms. The summed E-state index contributed by atoms with van der Waals surface area (Å²) in [5.74, 6) is 1.07. The second-order valence-corrected chi connectivity index (χ2v) is 8.88. The molecule has 2 aromatic carbocycles. The van der Waals surface area contributed by atoms with Crippen LogP contribution in [0, 0.1) is 5.41 Å². The number of ether oxygens (including phenoxy) is 2. The van der Waals surface area contributed by atoms with Gasteiger partial charge in [-0.3, -0.25) is 14.5 Å². The number of rotatable bonds is 3. The van der Waals surface area contributed by atoms with Gasteiger partial charge in [-0.2, -0.15) is 0 Å². The molecule has 0 bridgehead atoms. The Labute approximate surface area is 182 Å². The zero-order valence-corrected chi connectivity index (χ0v) is 18.6. The standard InChI is InChI=1S/C25H28N2O4/c1-15(28)27-19-9-7-6-8-17(19)26-18-13-25(2,3)14-20(29)23(18)24(27)16-10-11-21(30-4)22(12-16)31-5/h6-12,24,26H,13-14H2,1-5H3. The zero-order valence-electron chi connectivity index (χ0n) is 18.6. The Bertz CT molecular complexity index is 1090. The van der Waals surface area contributed by atoms with Crippen LogP contribution in [-0.2, 0) is 9.59 Å². The molecule has 0 saturated carbocycles. The van der Waals surface area contributed by atoms with Crippen LogP contribution in [0.25, 0.3) is 0 Å². The predicted octanol–water partition coefficient (Wildman–Crippen LogP) is 4.87. The van der Waals surface area contributed by atoms with Crippen LogP contribution in [0.1, 0.15) is 45.2 Å². The molecule has 162 valence electrons. The Hall–Kier alpha value is -3.28. The van der Waals surface area contributed by atoms with Gasteiger partial charge in [0, 0.05) is 24.6 Å². The van der Waals surface area contributed by atoms with Crippen molar-refractivity contribution < 1.29 is 19.1 Å². The molecule has 0 radical (unpaired) electrons. The van der Waals surface area contributed by atoms with Gasteiger partial charge in [0.25, 0.3) is 0 Å². The van der Waals surface area contributed by atoms with E-state index >= 15 is 0 Å². The maximum absolute atomic E-state index is 13.5. The third-order valence-corrected chi connectivity index (χ3v) is 5.96. The zero-order chi connectivity index (χ0) is 22.3. The number of para-hydroxylation sites is 2. The van der Waals surface area contributed by atoms with Crippen molar-refractivity contribution in [2.45, 2.75) is 39.7 Å². The molecular formula is C25H28N2O4. The summed E-state index contributed by atoms with van der Waals surface area (Å²) in [4.78, 5) is 28.2. The molecule has 1 unspecified atom stereocenters. The van der Waals surface area contributed by atoms with E-state index in [4.69, 9.17) is 9.47 Å². The number of Topliss-reactive ketones (excluding diaryl/α,β-unsaturated/α-hetero) is 1. The van der Waals surface area contributed by atoms with E-state index < -0.39 is 6.04 Å². The first-order valence-corrected chi connectivity index (χ1v) is 10.4. The van der Waals surface area contributed by atoms with Crippen molar-refractivity contribution in [1.29, 1.82) is 0 Å². The predicted molar refractivity (Wildman–Crippen MR) is 121 cm³/mol. The van der Waals surface area contributed by atoms with Crippen LogP contribution in [0.15, 0.2) is 53.7 Å². The van der Waals surface area contributed by atoms with Gasteiger partial charge < -0.3 is 14.8 Å². The van der Waals surface area contributed by atoms with Gasteiger partial charge >= 0.3 is 0 Å². The first kappa shape index (κ1) is 21.0. The minimum Gasteiger partial charge on any atom is -0.493 e. The van der Waals surface area contributed by atoms with E-state index in [1.165, 1.54) is 6.92 Å². The number of amides is 1. The number of carbonyl (C=O) groups excluding carboxylic acids is 2. The number of ketones is 1. The van der Waals surface area contributed by atoms with Crippen LogP contribution in [0.5, 0.6) is 11.5 Å². The number of nitrogens with one attached hydrogen (secondary N) is 1. The van der Waals surface area contributed by atoms with Crippen molar-refractivity contribution in [1.82, 2.24) is 0 Å². The Morgan fingerprint density at radius 2 is 1.77 bits per heavy atom. The number of methoxy groups -OCH3 is 2. The fourth-order valence-corrected chi connectivity index (χ4v) is 4.67. The highest BCUT2D eigenvalue weighted by molar-refractivity contribution is 6.05. The lowest BCUT2D eigenvalue weighted by Crippen LogP contribution is -2.38. The highest BCUT2D eigenvalue weighted by atomic mass is 16.5. The average molecular weight is 421 g/mol. The summed E-state index contributed by atoms with van der Waals surface area (Å²) in [5.41, 5.74) is 3.71. The monoisotopic (exact) mass is 420 g/mol. The SMILES string of the molecule is COc1ccc(C2C3=C(CC(C)(C)CC3=O)Nc3ccccc3N2C(C)=O)cc1OC. The van der Waals surface area contributed by atoms with E-state index in [0.717, 1.165) is 29.1 Å². The Morgan fingerprint density at radius 1 is 1.06 bits per heavy atom. The molecule has 31 heavy (non-hydrogen) atoms. The van der Waals surface area contributed by atoms with E-state index in [1.807, 2.05) is 42.5 Å². The molecule has 1 N–H and O–H groups in total. The minimum absolute atomic E-state index is 0.0533. The molecule has 4 rings (SSSR count). The summed E-state index contributed by atoms with van der Waals surface area (Å²) in [6.45, 7) is 5.73. The lowest BCUT2D eigenvalue weighted by Gasteiger charge is -2.37. The number of carbonyl (C=O) groups is 2. The number of allylic oxidation sites excluding steroid dienone is 1. The molecule has 1 atom stereocenters. The normalized spacial score (nSPS) is 19.7. The maximum Gasteiger partial charge on any atom is 0.224 e. The molecule has 0 aromatic heterocycles. The van der Waals surface area contributed by atoms with E-state index in [-0.39, 0.29) is 17.1 Å². The molecule has 2 aromatic rings. The van der Waals surface area contributed by atoms with Gasteiger partial charge in [-0.25, -0.2) is 0 Å². The van der Waals surface area contributed by atoms with Crippen LogP contribution in [0.2, 0.25) is 0 Å². The van der Waals surface area contributed by atoms with Gasteiger partial charge in [0.2, 0.25) is 5.91 Å². The Kier molecular flexibility index (Phi) is 5.25. The number of anilines is 2. The number of fused-ring (bicyclic) bond motifs is 1. The third kappa shape index (κ3) is 3.67. The largest absolute Gasteiger partial charge is 0.493 e.